The SMILES string of the molecule is CCCC[C@@H]1CC[C@@H]2CC(c3ccc4cc(F)c(F)cc4c3)CCC2C1. The minimum atomic E-state index is -0.759. The summed E-state index contributed by atoms with van der Waals surface area (Å²) in [5, 5.41) is 1.62. The second-order valence-electron chi connectivity index (χ2n) is 8.72. The average molecular weight is 357 g/mol. The largest absolute Gasteiger partial charge is 0.204 e. The Hall–Kier alpha value is -1.44. The maximum Gasteiger partial charge on any atom is 0.159 e. The Bertz CT molecular complexity index is 766. The zero-order valence-corrected chi connectivity index (χ0v) is 15.8. The lowest BCUT2D eigenvalue weighted by Crippen LogP contribution is -2.30. The molecule has 2 fully saturated rings. The molecule has 2 saturated carbocycles. The van der Waals surface area contributed by atoms with Crippen LogP contribution in [-0.2, 0) is 0 Å². The third-order valence-electron chi connectivity index (χ3n) is 7.06. The third-order valence-corrected chi connectivity index (χ3v) is 7.06. The second kappa shape index (κ2) is 7.66. The summed E-state index contributed by atoms with van der Waals surface area (Å²) in [5.74, 6) is 1.84. The number of rotatable bonds is 4. The van der Waals surface area contributed by atoms with Crippen LogP contribution in [0.4, 0.5) is 8.78 Å². The van der Waals surface area contributed by atoms with E-state index in [2.05, 4.69) is 19.1 Å². The van der Waals surface area contributed by atoms with Crippen LogP contribution in [-0.4, -0.2) is 0 Å². The van der Waals surface area contributed by atoms with Crippen LogP contribution in [0.15, 0.2) is 30.3 Å². The van der Waals surface area contributed by atoms with Crippen LogP contribution in [0, 0.1) is 29.4 Å². The van der Waals surface area contributed by atoms with Gasteiger partial charge in [-0.3, -0.25) is 0 Å². The van der Waals surface area contributed by atoms with Crippen LogP contribution in [0.5, 0.6) is 0 Å². The van der Waals surface area contributed by atoms with Crippen molar-refractivity contribution < 1.29 is 8.78 Å². The maximum atomic E-state index is 13.6. The van der Waals surface area contributed by atoms with Gasteiger partial charge >= 0.3 is 0 Å². The second-order valence-corrected chi connectivity index (χ2v) is 8.72. The molecular weight excluding hydrogens is 326 g/mol. The van der Waals surface area contributed by atoms with E-state index in [1.165, 1.54) is 75.5 Å². The maximum absolute atomic E-state index is 13.6. The zero-order chi connectivity index (χ0) is 18.1. The highest BCUT2D eigenvalue weighted by atomic mass is 19.2. The zero-order valence-electron chi connectivity index (χ0n) is 15.8. The smallest absolute Gasteiger partial charge is 0.159 e. The summed E-state index contributed by atoms with van der Waals surface area (Å²) in [6, 6.07) is 8.84. The molecule has 140 valence electrons. The molecule has 0 amide bonds. The van der Waals surface area contributed by atoms with E-state index in [0.29, 0.717) is 5.92 Å². The van der Waals surface area contributed by atoms with Crippen LogP contribution in [0.25, 0.3) is 10.8 Å². The molecule has 0 nitrogen and oxygen atoms in total. The summed E-state index contributed by atoms with van der Waals surface area (Å²) in [5.41, 5.74) is 1.31. The first-order valence-corrected chi connectivity index (χ1v) is 10.5. The first kappa shape index (κ1) is 17.9. The van der Waals surface area contributed by atoms with E-state index in [9.17, 15) is 8.78 Å². The Balaban J connectivity index is 1.46. The summed E-state index contributed by atoms with van der Waals surface area (Å²) in [6.45, 7) is 2.29. The molecule has 2 aromatic rings. The Morgan fingerprint density at radius 1 is 0.846 bits per heavy atom. The predicted octanol–water partition coefficient (Wildman–Crippen LogP) is 7.61. The molecule has 4 atom stereocenters. The van der Waals surface area contributed by atoms with Crippen molar-refractivity contribution in [2.75, 3.05) is 0 Å². The average Bonchev–Trinajstić information content (AvgIpc) is 2.66. The molecule has 0 bridgehead atoms. The van der Waals surface area contributed by atoms with Gasteiger partial charge in [0.05, 0.1) is 0 Å². The summed E-state index contributed by atoms with van der Waals surface area (Å²) in [7, 11) is 0. The van der Waals surface area contributed by atoms with E-state index in [-0.39, 0.29) is 0 Å². The van der Waals surface area contributed by atoms with Gasteiger partial charge in [0.2, 0.25) is 0 Å². The van der Waals surface area contributed by atoms with Gasteiger partial charge in [-0.15, -0.1) is 0 Å². The molecule has 26 heavy (non-hydrogen) atoms. The standard InChI is InChI=1S/C24H30F2/c1-2-3-4-16-5-6-18-12-19(8-7-17(18)11-16)20-9-10-21-14-23(25)24(26)15-22(21)13-20/h9-10,13-19H,2-8,11-12H2,1H3/t16-,17?,18-,19?/m1/s1. The fourth-order valence-corrected chi connectivity index (χ4v) is 5.56. The van der Waals surface area contributed by atoms with Crippen molar-refractivity contribution in [2.45, 2.75) is 70.6 Å². The normalized spacial score (nSPS) is 28.9. The molecular formula is C24H30F2. The van der Waals surface area contributed by atoms with Gasteiger partial charge in [0.25, 0.3) is 0 Å². The molecule has 2 aromatic carbocycles. The van der Waals surface area contributed by atoms with Crippen molar-refractivity contribution in [3.05, 3.63) is 47.5 Å². The van der Waals surface area contributed by atoms with Crippen LogP contribution in [0.3, 0.4) is 0 Å². The summed E-state index contributed by atoms with van der Waals surface area (Å²) >= 11 is 0. The molecule has 2 aliphatic rings. The number of hydrogen-bond donors (Lipinski definition) is 0. The predicted molar refractivity (Wildman–Crippen MR) is 104 cm³/mol. The molecule has 0 radical (unpaired) electrons. The van der Waals surface area contributed by atoms with E-state index in [1.54, 1.807) is 0 Å². The van der Waals surface area contributed by atoms with Crippen LogP contribution in [0.2, 0.25) is 0 Å². The lowest BCUT2D eigenvalue weighted by Gasteiger charge is -2.42. The number of halogens is 2. The Labute approximate surface area is 156 Å². The molecule has 2 aliphatic carbocycles. The van der Waals surface area contributed by atoms with Gasteiger partial charge in [0.15, 0.2) is 11.6 Å². The molecule has 0 spiro atoms. The minimum Gasteiger partial charge on any atom is -0.204 e. The molecule has 2 heteroatoms. The highest BCUT2D eigenvalue weighted by Crippen LogP contribution is 2.48. The Kier molecular flexibility index (Phi) is 5.29. The van der Waals surface area contributed by atoms with Gasteiger partial charge in [-0.2, -0.15) is 0 Å². The molecule has 2 unspecified atom stereocenters. The van der Waals surface area contributed by atoms with Crippen LogP contribution >= 0.6 is 0 Å². The van der Waals surface area contributed by atoms with Crippen molar-refractivity contribution in [3.8, 4) is 0 Å². The molecule has 0 N–H and O–H groups in total. The summed E-state index contributed by atoms with van der Waals surface area (Å²) < 4.78 is 27.0. The van der Waals surface area contributed by atoms with Gasteiger partial charge in [-0.25, -0.2) is 8.78 Å². The third kappa shape index (κ3) is 3.66. The molecule has 4 rings (SSSR count). The van der Waals surface area contributed by atoms with E-state index >= 15 is 0 Å². The van der Waals surface area contributed by atoms with E-state index in [1.807, 2.05) is 6.07 Å². The first-order chi connectivity index (χ1) is 12.6. The topological polar surface area (TPSA) is 0 Å². The van der Waals surface area contributed by atoms with Gasteiger partial charge in [0, 0.05) is 0 Å². The van der Waals surface area contributed by atoms with Crippen LogP contribution in [0.1, 0.15) is 76.2 Å². The van der Waals surface area contributed by atoms with Gasteiger partial charge < -0.3 is 0 Å². The van der Waals surface area contributed by atoms with E-state index in [0.717, 1.165) is 28.5 Å². The Morgan fingerprint density at radius 2 is 1.58 bits per heavy atom. The van der Waals surface area contributed by atoms with Crippen molar-refractivity contribution in [1.82, 2.24) is 0 Å². The number of benzene rings is 2. The van der Waals surface area contributed by atoms with Gasteiger partial charge in [-0.05, 0) is 84.2 Å². The van der Waals surface area contributed by atoms with Crippen molar-refractivity contribution in [3.63, 3.8) is 0 Å². The van der Waals surface area contributed by atoms with Gasteiger partial charge in [-0.1, -0.05) is 50.8 Å². The highest BCUT2D eigenvalue weighted by molar-refractivity contribution is 5.83. The fourth-order valence-electron chi connectivity index (χ4n) is 5.56. The molecule has 0 heterocycles. The number of fused-ring (bicyclic) bond motifs is 2. The summed E-state index contributed by atoms with van der Waals surface area (Å²) in [6.07, 6.45) is 12.2. The molecule has 0 saturated heterocycles. The summed E-state index contributed by atoms with van der Waals surface area (Å²) in [4.78, 5) is 0. The monoisotopic (exact) mass is 356 g/mol. The fraction of sp³-hybridized carbons (Fsp3) is 0.583. The van der Waals surface area contributed by atoms with Crippen molar-refractivity contribution in [2.24, 2.45) is 17.8 Å². The molecule has 0 aromatic heterocycles. The minimum absolute atomic E-state index is 0.584. The Morgan fingerprint density at radius 3 is 2.38 bits per heavy atom. The number of hydrogen-bond acceptors (Lipinski definition) is 0. The first-order valence-electron chi connectivity index (χ1n) is 10.5. The van der Waals surface area contributed by atoms with Gasteiger partial charge in [0.1, 0.15) is 0 Å². The van der Waals surface area contributed by atoms with E-state index < -0.39 is 11.6 Å². The van der Waals surface area contributed by atoms with Crippen LogP contribution < -0.4 is 0 Å². The highest BCUT2D eigenvalue weighted by Gasteiger charge is 2.35. The molecule has 0 aliphatic heterocycles. The van der Waals surface area contributed by atoms with Crippen molar-refractivity contribution in [1.29, 1.82) is 0 Å². The quantitative estimate of drug-likeness (QED) is 0.529. The van der Waals surface area contributed by atoms with Crippen molar-refractivity contribution >= 4 is 10.8 Å². The lowest BCUT2D eigenvalue weighted by molar-refractivity contribution is 0.113. The lowest BCUT2D eigenvalue weighted by atomic mass is 9.63. The van der Waals surface area contributed by atoms with E-state index in [4.69, 9.17) is 0 Å². The number of unbranched alkanes of at least 4 members (excludes halogenated alkanes) is 1.